The maximum absolute atomic E-state index is 10.4. The Bertz CT molecular complexity index is 407. The van der Waals surface area contributed by atoms with Gasteiger partial charge in [-0.3, -0.25) is 4.79 Å². The van der Waals surface area contributed by atoms with Crippen LogP contribution in [0.5, 0.6) is 5.75 Å². The number of hydrogen-bond donors (Lipinski definition) is 1. The first-order valence-electron chi connectivity index (χ1n) is 7.55. The van der Waals surface area contributed by atoms with E-state index in [2.05, 4.69) is 26.0 Å². The molecule has 21 heavy (non-hydrogen) atoms. The maximum atomic E-state index is 10.4. The first-order valence-corrected chi connectivity index (χ1v) is 7.55. The summed E-state index contributed by atoms with van der Waals surface area (Å²) in [6, 6.07) is 8.28. The lowest BCUT2D eigenvalue weighted by molar-refractivity contribution is -0.137. The molecule has 0 spiro atoms. The normalized spacial score (nSPS) is 11.5. The summed E-state index contributed by atoms with van der Waals surface area (Å²) in [5.74, 6) is 0.897. The van der Waals surface area contributed by atoms with Gasteiger partial charge in [0.05, 0.1) is 6.61 Å². The van der Waals surface area contributed by atoms with Gasteiger partial charge in [0.25, 0.3) is 0 Å². The van der Waals surface area contributed by atoms with Gasteiger partial charge in [-0.2, -0.15) is 13.5 Å². The number of rotatable bonds is 10. The third-order valence-corrected chi connectivity index (χ3v) is 3.48. The largest absolute Gasteiger partial charge is 0.494 e. The molecule has 1 aromatic rings. The van der Waals surface area contributed by atoms with Crippen molar-refractivity contribution < 1.29 is 14.6 Å². The third-order valence-electron chi connectivity index (χ3n) is 3.48. The summed E-state index contributed by atoms with van der Waals surface area (Å²) in [5.41, 5.74) is 1.32. The topological polar surface area (TPSA) is 46.5 Å². The molecular weight excluding hydrogens is 284 g/mol. The van der Waals surface area contributed by atoms with E-state index >= 15 is 0 Å². The molecule has 0 radical (unpaired) electrons. The standard InChI is InChI=1S/C17H26O3.H2S/c1-3-14(2)12-15-8-7-9-16(13-15)20-11-6-4-5-10-17(18)19;/h7-9,13-14H,3-6,10-12H2,1-2H3,(H,18,19);1H2/t14-;/m1./s1. The van der Waals surface area contributed by atoms with Crippen molar-refractivity contribution in [2.24, 2.45) is 5.92 Å². The zero-order valence-electron chi connectivity index (χ0n) is 13.1. The molecule has 0 aliphatic rings. The van der Waals surface area contributed by atoms with Crippen LogP contribution in [0.4, 0.5) is 0 Å². The lowest BCUT2D eigenvalue weighted by atomic mass is 9.99. The lowest BCUT2D eigenvalue weighted by Gasteiger charge is -2.11. The second-order valence-corrected chi connectivity index (χ2v) is 5.42. The minimum absolute atomic E-state index is 0. The Hall–Kier alpha value is -1.16. The SMILES string of the molecule is CC[C@@H](C)Cc1cccc(OCCCCCC(=O)O)c1.S. The summed E-state index contributed by atoms with van der Waals surface area (Å²) >= 11 is 0. The molecule has 0 heterocycles. The highest BCUT2D eigenvalue weighted by Crippen LogP contribution is 2.18. The summed E-state index contributed by atoms with van der Waals surface area (Å²) in [6.45, 7) is 5.13. The smallest absolute Gasteiger partial charge is 0.303 e. The van der Waals surface area contributed by atoms with Crippen molar-refractivity contribution in [1.82, 2.24) is 0 Å². The summed E-state index contributed by atoms with van der Waals surface area (Å²) in [5, 5.41) is 8.54. The molecule has 0 amide bonds. The van der Waals surface area contributed by atoms with Gasteiger partial charge in [-0.25, -0.2) is 0 Å². The monoisotopic (exact) mass is 312 g/mol. The van der Waals surface area contributed by atoms with Gasteiger partial charge in [-0.05, 0) is 49.3 Å². The quantitative estimate of drug-likeness (QED) is 0.651. The van der Waals surface area contributed by atoms with E-state index in [0.717, 1.165) is 31.4 Å². The Kier molecular flexibility index (Phi) is 10.9. The number of aliphatic carboxylic acids is 1. The minimum atomic E-state index is -0.719. The number of carboxylic acids is 1. The molecule has 0 fully saturated rings. The van der Waals surface area contributed by atoms with Crippen LogP contribution in [0.15, 0.2) is 24.3 Å². The van der Waals surface area contributed by atoms with Crippen LogP contribution < -0.4 is 4.74 Å². The van der Waals surface area contributed by atoms with Gasteiger partial charge in [0.2, 0.25) is 0 Å². The Balaban J connectivity index is 0.00000400. The molecular formula is C17H28O3S. The predicted molar refractivity (Wildman–Crippen MR) is 91.6 cm³/mol. The molecule has 3 nitrogen and oxygen atoms in total. The summed E-state index contributed by atoms with van der Waals surface area (Å²) < 4.78 is 5.72. The van der Waals surface area contributed by atoms with Crippen LogP contribution in [-0.2, 0) is 11.2 Å². The second kappa shape index (κ2) is 11.5. The van der Waals surface area contributed by atoms with Crippen molar-refractivity contribution in [2.75, 3.05) is 6.61 Å². The number of hydrogen-bond acceptors (Lipinski definition) is 2. The molecule has 0 aliphatic carbocycles. The highest BCUT2D eigenvalue weighted by atomic mass is 32.1. The Morgan fingerprint density at radius 2 is 2.05 bits per heavy atom. The van der Waals surface area contributed by atoms with Gasteiger partial charge in [0.1, 0.15) is 5.75 Å². The number of benzene rings is 1. The molecule has 0 unspecified atom stereocenters. The predicted octanol–water partition coefficient (Wildman–Crippen LogP) is 4.41. The zero-order chi connectivity index (χ0) is 14.8. The number of ether oxygens (including phenoxy) is 1. The van der Waals surface area contributed by atoms with Gasteiger partial charge < -0.3 is 9.84 Å². The third kappa shape index (κ3) is 9.40. The van der Waals surface area contributed by atoms with Crippen molar-refractivity contribution in [3.8, 4) is 5.75 Å². The van der Waals surface area contributed by atoms with Crippen molar-refractivity contribution >= 4 is 19.5 Å². The zero-order valence-corrected chi connectivity index (χ0v) is 14.1. The number of unbranched alkanes of at least 4 members (excludes halogenated alkanes) is 2. The minimum Gasteiger partial charge on any atom is -0.494 e. The van der Waals surface area contributed by atoms with E-state index in [4.69, 9.17) is 9.84 Å². The summed E-state index contributed by atoms with van der Waals surface area (Å²) in [6.07, 6.45) is 5.07. The second-order valence-electron chi connectivity index (χ2n) is 5.42. The van der Waals surface area contributed by atoms with Gasteiger partial charge in [0.15, 0.2) is 0 Å². The fourth-order valence-corrected chi connectivity index (χ4v) is 2.05. The van der Waals surface area contributed by atoms with E-state index in [9.17, 15) is 4.79 Å². The lowest BCUT2D eigenvalue weighted by Crippen LogP contribution is -2.01. The van der Waals surface area contributed by atoms with Gasteiger partial charge >= 0.3 is 5.97 Å². The molecule has 0 saturated carbocycles. The average Bonchev–Trinajstić information content (AvgIpc) is 2.42. The Labute approximate surface area is 135 Å². The van der Waals surface area contributed by atoms with Gasteiger partial charge in [-0.1, -0.05) is 32.4 Å². The molecule has 1 atom stereocenters. The Morgan fingerprint density at radius 1 is 1.29 bits per heavy atom. The average molecular weight is 312 g/mol. The fourth-order valence-electron chi connectivity index (χ4n) is 2.05. The molecule has 0 bridgehead atoms. The molecule has 0 aromatic heterocycles. The molecule has 0 saturated heterocycles. The van der Waals surface area contributed by atoms with E-state index < -0.39 is 5.97 Å². The van der Waals surface area contributed by atoms with Crippen molar-refractivity contribution in [1.29, 1.82) is 0 Å². The van der Waals surface area contributed by atoms with Crippen LogP contribution >= 0.6 is 13.5 Å². The van der Waals surface area contributed by atoms with E-state index in [0.29, 0.717) is 12.5 Å². The van der Waals surface area contributed by atoms with Crippen molar-refractivity contribution in [2.45, 2.75) is 52.4 Å². The summed E-state index contributed by atoms with van der Waals surface area (Å²) in [7, 11) is 0. The molecule has 4 heteroatoms. The molecule has 1 rings (SSSR count). The van der Waals surface area contributed by atoms with Crippen LogP contribution in [-0.4, -0.2) is 17.7 Å². The molecule has 1 N–H and O–H groups in total. The van der Waals surface area contributed by atoms with Crippen molar-refractivity contribution in [3.63, 3.8) is 0 Å². The molecule has 120 valence electrons. The first kappa shape index (κ1) is 19.8. The van der Waals surface area contributed by atoms with E-state index in [1.165, 1.54) is 12.0 Å². The number of carbonyl (C=O) groups is 1. The fraction of sp³-hybridized carbons (Fsp3) is 0.588. The van der Waals surface area contributed by atoms with Crippen LogP contribution in [0, 0.1) is 5.92 Å². The van der Waals surface area contributed by atoms with Gasteiger partial charge in [0, 0.05) is 6.42 Å². The van der Waals surface area contributed by atoms with E-state index in [1.54, 1.807) is 0 Å². The number of carboxylic acid groups (broad SMARTS) is 1. The molecule has 1 aromatic carbocycles. The van der Waals surface area contributed by atoms with Crippen LogP contribution in [0.2, 0.25) is 0 Å². The highest BCUT2D eigenvalue weighted by Gasteiger charge is 2.03. The maximum Gasteiger partial charge on any atom is 0.303 e. The van der Waals surface area contributed by atoms with Crippen LogP contribution in [0.3, 0.4) is 0 Å². The summed E-state index contributed by atoms with van der Waals surface area (Å²) in [4.78, 5) is 10.4. The van der Waals surface area contributed by atoms with Gasteiger partial charge in [-0.15, -0.1) is 0 Å². The van der Waals surface area contributed by atoms with E-state index in [-0.39, 0.29) is 19.9 Å². The Morgan fingerprint density at radius 3 is 2.71 bits per heavy atom. The first-order chi connectivity index (χ1) is 9.61. The molecule has 0 aliphatic heterocycles. The van der Waals surface area contributed by atoms with E-state index in [1.807, 2.05) is 12.1 Å². The highest BCUT2D eigenvalue weighted by molar-refractivity contribution is 7.59. The van der Waals surface area contributed by atoms with Crippen molar-refractivity contribution in [3.05, 3.63) is 29.8 Å². The van der Waals surface area contributed by atoms with Crippen LogP contribution in [0.1, 0.15) is 51.5 Å². The van der Waals surface area contributed by atoms with Crippen LogP contribution in [0.25, 0.3) is 0 Å².